The van der Waals surface area contributed by atoms with Crippen molar-refractivity contribution in [2.45, 2.75) is 64.4 Å². The summed E-state index contributed by atoms with van der Waals surface area (Å²) in [5.74, 6) is 0.527. The maximum atomic E-state index is 12.4. The summed E-state index contributed by atoms with van der Waals surface area (Å²) in [4.78, 5) is 0.316. The first-order valence-electron chi connectivity index (χ1n) is 7.69. The van der Waals surface area contributed by atoms with Gasteiger partial charge in [0.1, 0.15) is 4.90 Å². The summed E-state index contributed by atoms with van der Waals surface area (Å²) >= 11 is 0. The Balaban J connectivity index is 3.05. The maximum Gasteiger partial charge on any atom is 0.242 e. The zero-order valence-electron chi connectivity index (χ0n) is 13.7. The molecule has 5 heteroatoms. The number of hydrogen-bond donors (Lipinski definition) is 2. The molecule has 0 aliphatic carbocycles. The molecule has 0 amide bonds. The van der Waals surface area contributed by atoms with Gasteiger partial charge >= 0.3 is 0 Å². The van der Waals surface area contributed by atoms with Crippen molar-refractivity contribution in [3.05, 3.63) is 24.3 Å². The van der Waals surface area contributed by atoms with Gasteiger partial charge in [-0.1, -0.05) is 38.8 Å². The van der Waals surface area contributed by atoms with Crippen molar-refractivity contribution in [2.75, 3.05) is 5.32 Å². The van der Waals surface area contributed by atoms with Gasteiger partial charge in [-0.05, 0) is 38.8 Å². The molecule has 0 saturated carbocycles. The largest absolute Gasteiger partial charge is 0.381 e. The average Bonchev–Trinajstić information content (AvgIpc) is 2.39. The van der Waals surface area contributed by atoms with Crippen LogP contribution in [0.5, 0.6) is 0 Å². The molecule has 0 heterocycles. The van der Waals surface area contributed by atoms with Crippen LogP contribution < -0.4 is 10.0 Å². The van der Waals surface area contributed by atoms with Gasteiger partial charge in [-0.25, -0.2) is 13.1 Å². The Bertz CT molecular complexity index is 537. The number of nitrogens with one attached hydrogen (secondary N) is 2. The summed E-state index contributed by atoms with van der Waals surface area (Å²) in [7, 11) is -3.49. The van der Waals surface area contributed by atoms with E-state index in [1.807, 2.05) is 26.0 Å². The molecule has 1 aromatic carbocycles. The quantitative estimate of drug-likeness (QED) is 0.771. The minimum absolute atomic E-state index is 0.125. The highest BCUT2D eigenvalue weighted by Crippen LogP contribution is 2.24. The van der Waals surface area contributed by atoms with Gasteiger partial charge in [0, 0.05) is 12.1 Å². The van der Waals surface area contributed by atoms with E-state index < -0.39 is 10.0 Å². The Morgan fingerprint density at radius 1 is 1.05 bits per heavy atom. The number of rotatable bonds is 8. The standard InChI is InChI=1S/C16H28N2O2S/c1-6-14(7-2)13(5)17-15-10-8-9-11-16(15)21(19,20)18-12(3)4/h8-14,17-18H,6-7H2,1-5H3. The van der Waals surface area contributed by atoms with Crippen LogP contribution in [0.4, 0.5) is 5.69 Å². The van der Waals surface area contributed by atoms with Gasteiger partial charge in [-0.3, -0.25) is 0 Å². The van der Waals surface area contributed by atoms with Gasteiger partial charge in [0.15, 0.2) is 0 Å². The number of benzene rings is 1. The summed E-state index contributed by atoms with van der Waals surface area (Å²) in [6, 6.07) is 7.19. The highest BCUT2D eigenvalue weighted by Gasteiger charge is 2.21. The molecule has 0 spiro atoms. The topological polar surface area (TPSA) is 58.2 Å². The first-order valence-corrected chi connectivity index (χ1v) is 9.18. The molecule has 0 aliphatic rings. The Morgan fingerprint density at radius 2 is 1.62 bits per heavy atom. The molecular formula is C16H28N2O2S. The van der Waals surface area contributed by atoms with Crippen LogP contribution in [-0.4, -0.2) is 20.5 Å². The van der Waals surface area contributed by atoms with Gasteiger partial charge < -0.3 is 5.32 Å². The predicted octanol–water partition coefficient (Wildman–Crippen LogP) is 3.61. The van der Waals surface area contributed by atoms with E-state index in [1.165, 1.54) is 0 Å². The summed E-state index contributed by atoms with van der Waals surface area (Å²) in [6.07, 6.45) is 2.15. The first kappa shape index (κ1) is 18.0. The van der Waals surface area contributed by atoms with E-state index in [0.717, 1.165) is 12.8 Å². The van der Waals surface area contributed by atoms with E-state index in [0.29, 0.717) is 16.5 Å². The fraction of sp³-hybridized carbons (Fsp3) is 0.625. The van der Waals surface area contributed by atoms with E-state index in [-0.39, 0.29) is 12.1 Å². The smallest absolute Gasteiger partial charge is 0.242 e. The highest BCUT2D eigenvalue weighted by molar-refractivity contribution is 7.89. The van der Waals surface area contributed by atoms with Gasteiger partial charge in [0.25, 0.3) is 0 Å². The summed E-state index contributed by atoms with van der Waals surface area (Å²) < 4.78 is 27.4. The lowest BCUT2D eigenvalue weighted by molar-refractivity contribution is 0.437. The van der Waals surface area contributed by atoms with Crippen molar-refractivity contribution in [1.82, 2.24) is 4.72 Å². The maximum absolute atomic E-state index is 12.4. The molecule has 120 valence electrons. The zero-order chi connectivity index (χ0) is 16.0. The first-order chi connectivity index (χ1) is 9.81. The van der Waals surface area contributed by atoms with Gasteiger partial charge in [-0.2, -0.15) is 0 Å². The molecule has 0 aromatic heterocycles. The minimum atomic E-state index is -3.49. The molecule has 2 N–H and O–H groups in total. The van der Waals surface area contributed by atoms with Crippen LogP contribution in [-0.2, 0) is 10.0 Å². The van der Waals surface area contributed by atoms with Crippen LogP contribution in [0.2, 0.25) is 0 Å². The lowest BCUT2D eigenvalue weighted by Crippen LogP contribution is -2.32. The van der Waals surface area contributed by atoms with Crippen LogP contribution in [0.25, 0.3) is 0 Å². The van der Waals surface area contributed by atoms with Crippen molar-refractivity contribution >= 4 is 15.7 Å². The lowest BCUT2D eigenvalue weighted by atomic mass is 9.95. The van der Waals surface area contributed by atoms with E-state index >= 15 is 0 Å². The molecule has 1 atom stereocenters. The molecule has 21 heavy (non-hydrogen) atoms. The van der Waals surface area contributed by atoms with E-state index in [4.69, 9.17) is 0 Å². The van der Waals surface area contributed by atoms with Gasteiger partial charge in [0.2, 0.25) is 10.0 Å². The van der Waals surface area contributed by atoms with Crippen molar-refractivity contribution in [3.63, 3.8) is 0 Å². The van der Waals surface area contributed by atoms with E-state index in [9.17, 15) is 8.42 Å². The third-order valence-electron chi connectivity index (χ3n) is 3.71. The Kier molecular flexibility index (Phi) is 6.68. The van der Waals surface area contributed by atoms with Crippen LogP contribution >= 0.6 is 0 Å². The molecule has 0 bridgehead atoms. The molecule has 1 rings (SSSR count). The second kappa shape index (κ2) is 7.80. The van der Waals surface area contributed by atoms with Gasteiger partial charge in [0.05, 0.1) is 5.69 Å². The number of para-hydroxylation sites is 1. The third kappa shape index (κ3) is 5.00. The Morgan fingerprint density at radius 3 is 2.14 bits per heavy atom. The Hall–Kier alpha value is -1.07. The fourth-order valence-electron chi connectivity index (χ4n) is 2.55. The predicted molar refractivity (Wildman–Crippen MR) is 89.1 cm³/mol. The molecular weight excluding hydrogens is 284 g/mol. The van der Waals surface area contributed by atoms with Gasteiger partial charge in [-0.15, -0.1) is 0 Å². The summed E-state index contributed by atoms with van der Waals surface area (Å²) in [5.41, 5.74) is 0.671. The molecule has 0 saturated heterocycles. The van der Waals surface area contributed by atoms with E-state index in [1.54, 1.807) is 12.1 Å². The van der Waals surface area contributed by atoms with Crippen molar-refractivity contribution in [1.29, 1.82) is 0 Å². The second-order valence-electron chi connectivity index (χ2n) is 5.78. The molecule has 1 aromatic rings. The van der Waals surface area contributed by atoms with Crippen molar-refractivity contribution in [3.8, 4) is 0 Å². The second-order valence-corrected chi connectivity index (χ2v) is 7.46. The van der Waals surface area contributed by atoms with Crippen LogP contribution in [0, 0.1) is 5.92 Å². The average molecular weight is 312 g/mol. The molecule has 0 aliphatic heterocycles. The van der Waals surface area contributed by atoms with Crippen LogP contribution in [0.1, 0.15) is 47.5 Å². The monoisotopic (exact) mass is 312 g/mol. The summed E-state index contributed by atoms with van der Waals surface area (Å²) in [6.45, 7) is 10.1. The SMILES string of the molecule is CCC(CC)C(C)Nc1ccccc1S(=O)(=O)NC(C)C. The van der Waals surface area contributed by atoms with Crippen molar-refractivity contribution in [2.24, 2.45) is 5.92 Å². The molecule has 1 unspecified atom stereocenters. The van der Waals surface area contributed by atoms with E-state index in [2.05, 4.69) is 30.8 Å². The molecule has 4 nitrogen and oxygen atoms in total. The summed E-state index contributed by atoms with van der Waals surface area (Å²) in [5, 5.41) is 3.37. The third-order valence-corrected chi connectivity index (χ3v) is 5.42. The van der Waals surface area contributed by atoms with Crippen molar-refractivity contribution < 1.29 is 8.42 Å². The number of hydrogen-bond acceptors (Lipinski definition) is 3. The number of sulfonamides is 1. The Labute approximate surface area is 129 Å². The number of anilines is 1. The molecule has 0 radical (unpaired) electrons. The minimum Gasteiger partial charge on any atom is -0.381 e. The normalized spacial score (nSPS) is 13.7. The van der Waals surface area contributed by atoms with Crippen LogP contribution in [0.15, 0.2) is 29.2 Å². The lowest BCUT2D eigenvalue weighted by Gasteiger charge is -2.25. The zero-order valence-corrected chi connectivity index (χ0v) is 14.5. The molecule has 0 fully saturated rings. The van der Waals surface area contributed by atoms with Crippen LogP contribution in [0.3, 0.4) is 0 Å². The fourth-order valence-corrected chi connectivity index (χ4v) is 3.97. The highest BCUT2D eigenvalue weighted by atomic mass is 32.2.